The number of hydrogen-bond donors (Lipinski definition) is 1. The Morgan fingerprint density at radius 3 is 2.20 bits per heavy atom. The van der Waals surface area contributed by atoms with E-state index in [1.54, 1.807) is 12.1 Å². The minimum atomic E-state index is -4.63. The molecule has 1 aromatic carbocycles. The molecule has 0 saturated heterocycles. The quantitative estimate of drug-likeness (QED) is 0.761. The monoisotopic (exact) mass is 289 g/mol. The van der Waals surface area contributed by atoms with Crippen molar-refractivity contribution in [2.24, 2.45) is 5.41 Å². The van der Waals surface area contributed by atoms with Crippen molar-refractivity contribution in [3.05, 3.63) is 29.8 Å². The van der Waals surface area contributed by atoms with Gasteiger partial charge in [-0.25, -0.2) is 0 Å². The van der Waals surface area contributed by atoms with Gasteiger partial charge in [-0.3, -0.25) is 0 Å². The zero-order valence-electron chi connectivity index (χ0n) is 12.2. The van der Waals surface area contributed by atoms with Gasteiger partial charge in [0.1, 0.15) is 5.75 Å². The fraction of sp³-hybridized carbons (Fsp3) is 0.600. The lowest BCUT2D eigenvalue weighted by atomic mass is 9.82. The molecule has 114 valence electrons. The van der Waals surface area contributed by atoms with Gasteiger partial charge in [0, 0.05) is 0 Å². The second-order valence-electron chi connectivity index (χ2n) is 5.64. The molecule has 0 fully saturated rings. The molecular weight excluding hydrogens is 267 g/mol. The van der Waals surface area contributed by atoms with E-state index in [0.29, 0.717) is 0 Å². The Balaban J connectivity index is 2.56. The van der Waals surface area contributed by atoms with Gasteiger partial charge in [0.15, 0.2) is 0 Å². The van der Waals surface area contributed by atoms with E-state index < -0.39 is 6.36 Å². The minimum absolute atomic E-state index is 0.106. The Morgan fingerprint density at radius 1 is 1.10 bits per heavy atom. The molecule has 0 amide bonds. The first-order chi connectivity index (χ1) is 9.22. The standard InChI is InChI=1S/C15H22F3NO/c1-4-19-10-9-14(2,3)11-12-5-7-13(8-6-12)20-15(16,17)18/h5-8,19H,4,9-11H2,1-3H3. The predicted octanol–water partition coefficient (Wildman–Crippen LogP) is 4.15. The van der Waals surface area contributed by atoms with Gasteiger partial charge in [-0.1, -0.05) is 32.9 Å². The lowest BCUT2D eigenvalue weighted by Crippen LogP contribution is -2.23. The summed E-state index contributed by atoms with van der Waals surface area (Å²) in [5.74, 6) is -0.174. The normalized spacial score (nSPS) is 12.5. The fourth-order valence-electron chi connectivity index (χ4n) is 2.05. The highest BCUT2D eigenvalue weighted by Crippen LogP contribution is 2.28. The highest BCUT2D eigenvalue weighted by molar-refractivity contribution is 5.28. The number of rotatable bonds is 7. The van der Waals surface area contributed by atoms with Crippen molar-refractivity contribution in [3.63, 3.8) is 0 Å². The molecule has 0 bridgehead atoms. The highest BCUT2D eigenvalue weighted by atomic mass is 19.4. The summed E-state index contributed by atoms with van der Waals surface area (Å²) in [5, 5.41) is 3.28. The zero-order valence-corrected chi connectivity index (χ0v) is 12.2. The van der Waals surface area contributed by atoms with E-state index in [-0.39, 0.29) is 11.2 Å². The van der Waals surface area contributed by atoms with Crippen LogP contribution in [-0.2, 0) is 6.42 Å². The van der Waals surface area contributed by atoms with Crippen LogP contribution < -0.4 is 10.1 Å². The van der Waals surface area contributed by atoms with Crippen LogP contribution in [0.15, 0.2) is 24.3 Å². The van der Waals surface area contributed by atoms with Crippen molar-refractivity contribution < 1.29 is 17.9 Å². The first kappa shape index (κ1) is 16.8. The number of halogens is 3. The first-order valence-corrected chi connectivity index (χ1v) is 6.77. The van der Waals surface area contributed by atoms with Gasteiger partial charge in [-0.05, 0) is 49.0 Å². The van der Waals surface area contributed by atoms with Crippen LogP contribution in [0.4, 0.5) is 13.2 Å². The topological polar surface area (TPSA) is 21.3 Å². The molecular formula is C15H22F3NO. The Morgan fingerprint density at radius 2 is 1.70 bits per heavy atom. The van der Waals surface area contributed by atoms with Crippen LogP contribution >= 0.6 is 0 Å². The Bertz CT molecular complexity index is 399. The van der Waals surface area contributed by atoms with Crippen molar-refractivity contribution in [2.45, 2.75) is 40.0 Å². The van der Waals surface area contributed by atoms with Crippen molar-refractivity contribution in [1.82, 2.24) is 5.32 Å². The SMILES string of the molecule is CCNCCC(C)(C)Cc1ccc(OC(F)(F)F)cc1. The maximum atomic E-state index is 12.1. The summed E-state index contributed by atoms with van der Waals surface area (Å²) < 4.78 is 40.0. The zero-order chi connectivity index (χ0) is 15.2. The van der Waals surface area contributed by atoms with Crippen LogP contribution in [0.1, 0.15) is 32.8 Å². The number of nitrogens with one attached hydrogen (secondary N) is 1. The summed E-state index contributed by atoms with van der Waals surface area (Å²) in [6.07, 6.45) is -2.79. The number of ether oxygens (including phenoxy) is 1. The summed E-state index contributed by atoms with van der Waals surface area (Å²) in [6, 6.07) is 6.11. The molecule has 0 heterocycles. The maximum absolute atomic E-state index is 12.1. The average Bonchev–Trinajstić information content (AvgIpc) is 2.30. The summed E-state index contributed by atoms with van der Waals surface area (Å²) in [5.41, 5.74) is 1.12. The van der Waals surface area contributed by atoms with Crippen LogP contribution in [0.5, 0.6) is 5.75 Å². The first-order valence-electron chi connectivity index (χ1n) is 6.77. The molecule has 0 aliphatic carbocycles. The summed E-state index contributed by atoms with van der Waals surface area (Å²) in [7, 11) is 0. The molecule has 1 N–H and O–H groups in total. The van der Waals surface area contributed by atoms with E-state index in [2.05, 4.69) is 30.8 Å². The van der Waals surface area contributed by atoms with Gasteiger partial charge in [-0.2, -0.15) is 0 Å². The van der Waals surface area contributed by atoms with Gasteiger partial charge in [0.05, 0.1) is 0 Å². The third kappa shape index (κ3) is 6.80. The highest BCUT2D eigenvalue weighted by Gasteiger charge is 2.31. The van der Waals surface area contributed by atoms with Crippen LogP contribution in [0, 0.1) is 5.41 Å². The van der Waals surface area contributed by atoms with E-state index in [4.69, 9.17) is 0 Å². The van der Waals surface area contributed by atoms with E-state index in [9.17, 15) is 13.2 Å². The third-order valence-electron chi connectivity index (χ3n) is 3.07. The second kappa shape index (κ2) is 6.97. The van der Waals surface area contributed by atoms with E-state index in [0.717, 1.165) is 31.5 Å². The van der Waals surface area contributed by atoms with Crippen LogP contribution in [0.25, 0.3) is 0 Å². The summed E-state index contributed by atoms with van der Waals surface area (Å²) >= 11 is 0. The summed E-state index contributed by atoms with van der Waals surface area (Å²) in [6.45, 7) is 8.26. The molecule has 1 rings (SSSR count). The molecule has 0 spiro atoms. The maximum Gasteiger partial charge on any atom is 0.573 e. The molecule has 0 saturated carbocycles. The molecule has 0 unspecified atom stereocenters. The molecule has 5 heteroatoms. The van der Waals surface area contributed by atoms with Crippen molar-refractivity contribution in [3.8, 4) is 5.75 Å². The van der Waals surface area contributed by atoms with Crippen molar-refractivity contribution in [1.29, 1.82) is 0 Å². The average molecular weight is 289 g/mol. The number of alkyl halides is 3. The molecule has 0 radical (unpaired) electrons. The van der Waals surface area contributed by atoms with Crippen LogP contribution in [0.2, 0.25) is 0 Å². The van der Waals surface area contributed by atoms with E-state index in [1.165, 1.54) is 12.1 Å². The molecule has 0 aromatic heterocycles. The lowest BCUT2D eigenvalue weighted by Gasteiger charge is -2.25. The van der Waals surface area contributed by atoms with E-state index >= 15 is 0 Å². The molecule has 0 atom stereocenters. The second-order valence-corrected chi connectivity index (χ2v) is 5.64. The van der Waals surface area contributed by atoms with E-state index in [1.807, 2.05) is 0 Å². The predicted molar refractivity (Wildman–Crippen MR) is 73.8 cm³/mol. The van der Waals surface area contributed by atoms with Crippen molar-refractivity contribution >= 4 is 0 Å². The molecule has 2 nitrogen and oxygen atoms in total. The fourth-order valence-corrected chi connectivity index (χ4v) is 2.05. The number of hydrogen-bond acceptors (Lipinski definition) is 2. The summed E-state index contributed by atoms with van der Waals surface area (Å²) in [4.78, 5) is 0. The smallest absolute Gasteiger partial charge is 0.406 e. The van der Waals surface area contributed by atoms with Crippen LogP contribution in [-0.4, -0.2) is 19.5 Å². The molecule has 20 heavy (non-hydrogen) atoms. The van der Waals surface area contributed by atoms with Gasteiger partial charge < -0.3 is 10.1 Å². The molecule has 1 aromatic rings. The molecule has 0 aliphatic rings. The minimum Gasteiger partial charge on any atom is -0.406 e. The van der Waals surface area contributed by atoms with Crippen molar-refractivity contribution in [2.75, 3.05) is 13.1 Å². The van der Waals surface area contributed by atoms with Gasteiger partial charge in [0.2, 0.25) is 0 Å². The largest absolute Gasteiger partial charge is 0.573 e. The molecule has 0 aliphatic heterocycles. The third-order valence-corrected chi connectivity index (χ3v) is 3.07. The number of benzene rings is 1. The Kier molecular flexibility index (Phi) is 5.87. The van der Waals surface area contributed by atoms with Gasteiger partial charge >= 0.3 is 6.36 Å². The van der Waals surface area contributed by atoms with Crippen LogP contribution in [0.3, 0.4) is 0 Å². The lowest BCUT2D eigenvalue weighted by molar-refractivity contribution is -0.274. The van der Waals surface area contributed by atoms with Gasteiger partial charge in [0.25, 0.3) is 0 Å². The Labute approximate surface area is 118 Å². The van der Waals surface area contributed by atoms with Gasteiger partial charge in [-0.15, -0.1) is 13.2 Å². The Hall–Kier alpha value is -1.23.